The molecule has 0 radical (unpaired) electrons. The number of sulfone groups is 1. The van der Waals surface area contributed by atoms with Gasteiger partial charge in [-0.25, -0.2) is 13.2 Å². The molecule has 1 aromatic heterocycles. The van der Waals surface area contributed by atoms with Crippen LogP contribution in [0.3, 0.4) is 0 Å². The van der Waals surface area contributed by atoms with Gasteiger partial charge in [0.1, 0.15) is 5.75 Å². The minimum absolute atomic E-state index is 0.0341. The summed E-state index contributed by atoms with van der Waals surface area (Å²) >= 11 is 0. The predicted octanol–water partition coefficient (Wildman–Crippen LogP) is 2.15. The van der Waals surface area contributed by atoms with Crippen molar-refractivity contribution in [2.75, 3.05) is 25.2 Å². The number of hydrogen-bond acceptors (Lipinski definition) is 7. The van der Waals surface area contributed by atoms with Crippen molar-refractivity contribution in [3.8, 4) is 22.6 Å². The van der Waals surface area contributed by atoms with Crippen LogP contribution in [-0.4, -0.2) is 45.6 Å². The number of carbonyl (C=O) groups excluding carboxylic acids is 1. The average molecular weight is 443 g/mol. The zero-order valence-electron chi connectivity index (χ0n) is 16.8. The van der Waals surface area contributed by atoms with E-state index < -0.39 is 15.5 Å². The molecule has 1 saturated heterocycles. The molecular weight excluding hydrogens is 422 g/mol. The van der Waals surface area contributed by atoms with Gasteiger partial charge >= 0.3 is 5.63 Å². The second kappa shape index (κ2) is 8.43. The molecule has 1 aliphatic heterocycles. The third kappa shape index (κ3) is 4.72. The molecule has 0 bridgehead atoms. The monoisotopic (exact) mass is 443 g/mol. The molecule has 0 saturated carbocycles. The van der Waals surface area contributed by atoms with Gasteiger partial charge in [0.25, 0.3) is 5.91 Å². The molecule has 8 nitrogen and oxygen atoms in total. The highest BCUT2D eigenvalue weighted by Crippen LogP contribution is 2.28. The van der Waals surface area contributed by atoms with E-state index in [1.807, 2.05) is 12.1 Å². The van der Waals surface area contributed by atoms with Crippen LogP contribution < -0.4 is 20.4 Å². The highest BCUT2D eigenvalue weighted by molar-refractivity contribution is 7.91. The van der Waals surface area contributed by atoms with Gasteiger partial charge < -0.3 is 19.2 Å². The SMILES string of the molecule is COc1cccc2cc(-c3ccc(OCC(=O)N[C@H]4CCS(=O)(=O)C4)cc3)c(=O)oc12. The second-order valence-electron chi connectivity index (χ2n) is 7.31. The zero-order chi connectivity index (χ0) is 22.0. The molecule has 0 spiro atoms. The van der Waals surface area contributed by atoms with Crippen LogP contribution in [0.4, 0.5) is 0 Å². The van der Waals surface area contributed by atoms with Crippen molar-refractivity contribution in [1.82, 2.24) is 5.32 Å². The molecule has 1 aliphatic rings. The summed E-state index contributed by atoms with van der Waals surface area (Å²) in [5.41, 5.74) is 0.940. The van der Waals surface area contributed by atoms with E-state index in [9.17, 15) is 18.0 Å². The molecular formula is C22H21NO7S. The summed E-state index contributed by atoms with van der Waals surface area (Å²) in [7, 11) is -1.55. The number of hydrogen-bond donors (Lipinski definition) is 1. The largest absolute Gasteiger partial charge is 0.493 e. The Labute approximate surface area is 178 Å². The standard InChI is InChI=1S/C22H21NO7S/c1-28-19-4-2-3-15-11-18(22(25)30-21(15)19)14-5-7-17(8-6-14)29-12-20(24)23-16-9-10-31(26,27)13-16/h2-8,11,16H,9-10,12-13H2,1H3,(H,23,24)/t16-/m0/s1. The number of fused-ring (bicyclic) bond motifs is 1. The van der Waals surface area contributed by atoms with E-state index in [-0.39, 0.29) is 30.1 Å². The lowest BCUT2D eigenvalue weighted by atomic mass is 10.1. The van der Waals surface area contributed by atoms with Gasteiger partial charge in [0.15, 0.2) is 27.8 Å². The van der Waals surface area contributed by atoms with Crippen LogP contribution in [0.15, 0.2) is 57.7 Å². The van der Waals surface area contributed by atoms with Gasteiger partial charge in [-0.05, 0) is 36.2 Å². The molecule has 1 N–H and O–H groups in total. The highest BCUT2D eigenvalue weighted by atomic mass is 32.2. The lowest BCUT2D eigenvalue weighted by Crippen LogP contribution is -2.38. The fourth-order valence-electron chi connectivity index (χ4n) is 3.54. The number of carbonyl (C=O) groups is 1. The third-order valence-corrected chi connectivity index (χ3v) is 6.84. The van der Waals surface area contributed by atoms with Crippen molar-refractivity contribution in [3.05, 3.63) is 59.0 Å². The molecule has 3 aromatic rings. The Kier molecular flexibility index (Phi) is 5.69. The van der Waals surface area contributed by atoms with Gasteiger partial charge in [0.2, 0.25) is 0 Å². The topological polar surface area (TPSA) is 112 Å². The summed E-state index contributed by atoms with van der Waals surface area (Å²) in [6.07, 6.45) is 0.420. The molecule has 162 valence electrons. The van der Waals surface area contributed by atoms with Gasteiger partial charge in [-0.3, -0.25) is 4.79 Å². The fraction of sp³-hybridized carbons (Fsp3) is 0.273. The van der Waals surface area contributed by atoms with E-state index in [0.717, 1.165) is 5.39 Å². The first kappa shape index (κ1) is 20.9. The second-order valence-corrected chi connectivity index (χ2v) is 9.54. The maximum atomic E-state index is 12.5. The first-order chi connectivity index (χ1) is 14.8. The van der Waals surface area contributed by atoms with Crippen LogP contribution >= 0.6 is 0 Å². The summed E-state index contributed by atoms with van der Waals surface area (Å²) in [4.78, 5) is 24.5. The number of benzene rings is 2. The molecule has 9 heteroatoms. The first-order valence-corrected chi connectivity index (χ1v) is 11.5. The van der Waals surface area contributed by atoms with E-state index in [0.29, 0.717) is 34.6 Å². The van der Waals surface area contributed by atoms with Crippen LogP contribution in [0.1, 0.15) is 6.42 Å². The normalized spacial score (nSPS) is 17.4. The Hall–Kier alpha value is -3.33. The maximum absolute atomic E-state index is 12.5. The van der Waals surface area contributed by atoms with Crippen molar-refractivity contribution in [2.24, 2.45) is 0 Å². The van der Waals surface area contributed by atoms with Gasteiger partial charge in [-0.15, -0.1) is 0 Å². The molecule has 0 unspecified atom stereocenters. The highest BCUT2D eigenvalue weighted by Gasteiger charge is 2.28. The van der Waals surface area contributed by atoms with Crippen LogP contribution in [-0.2, 0) is 14.6 Å². The van der Waals surface area contributed by atoms with Gasteiger partial charge in [0.05, 0.1) is 24.2 Å². The van der Waals surface area contributed by atoms with Gasteiger partial charge in [-0.2, -0.15) is 0 Å². The maximum Gasteiger partial charge on any atom is 0.344 e. The van der Waals surface area contributed by atoms with Crippen LogP contribution in [0.25, 0.3) is 22.1 Å². The summed E-state index contributed by atoms with van der Waals surface area (Å²) in [5.74, 6) is 0.613. The molecule has 31 heavy (non-hydrogen) atoms. The summed E-state index contributed by atoms with van der Waals surface area (Å²) in [6.45, 7) is -0.228. The van der Waals surface area contributed by atoms with Crippen molar-refractivity contribution in [3.63, 3.8) is 0 Å². The molecule has 4 rings (SSSR count). The minimum atomic E-state index is -3.06. The number of ether oxygens (including phenoxy) is 2. The molecule has 2 heterocycles. The quantitative estimate of drug-likeness (QED) is 0.581. The number of para-hydroxylation sites is 1. The van der Waals surface area contributed by atoms with E-state index in [4.69, 9.17) is 13.9 Å². The zero-order valence-corrected chi connectivity index (χ0v) is 17.6. The van der Waals surface area contributed by atoms with E-state index >= 15 is 0 Å². The smallest absolute Gasteiger partial charge is 0.344 e. The summed E-state index contributed by atoms with van der Waals surface area (Å²) in [6, 6.07) is 13.4. The number of rotatable bonds is 6. The number of methoxy groups -OCH3 is 1. The van der Waals surface area contributed by atoms with Crippen molar-refractivity contribution >= 4 is 26.7 Å². The lowest BCUT2D eigenvalue weighted by Gasteiger charge is -2.12. The summed E-state index contributed by atoms with van der Waals surface area (Å²) < 4.78 is 39.1. The minimum Gasteiger partial charge on any atom is -0.493 e. The van der Waals surface area contributed by atoms with Gasteiger partial charge in [-0.1, -0.05) is 24.3 Å². The summed E-state index contributed by atoms with van der Waals surface area (Å²) in [5, 5.41) is 3.40. The van der Waals surface area contributed by atoms with E-state index in [2.05, 4.69) is 5.32 Å². The molecule has 0 aliphatic carbocycles. The lowest BCUT2D eigenvalue weighted by molar-refractivity contribution is -0.123. The molecule has 1 atom stereocenters. The Morgan fingerprint density at radius 3 is 2.65 bits per heavy atom. The van der Waals surface area contributed by atoms with E-state index in [1.165, 1.54) is 7.11 Å². The fourth-order valence-corrected chi connectivity index (χ4v) is 5.21. The van der Waals surface area contributed by atoms with Crippen molar-refractivity contribution in [1.29, 1.82) is 0 Å². The molecule has 1 amide bonds. The number of nitrogens with one attached hydrogen (secondary N) is 1. The Balaban J connectivity index is 1.43. The first-order valence-electron chi connectivity index (χ1n) is 9.68. The van der Waals surface area contributed by atoms with Crippen LogP contribution in [0.5, 0.6) is 11.5 Å². The van der Waals surface area contributed by atoms with Gasteiger partial charge in [0, 0.05) is 11.4 Å². The number of amides is 1. The average Bonchev–Trinajstić information content (AvgIpc) is 3.09. The predicted molar refractivity (Wildman–Crippen MR) is 115 cm³/mol. The molecule has 2 aromatic carbocycles. The van der Waals surface area contributed by atoms with Crippen LogP contribution in [0, 0.1) is 0 Å². The third-order valence-electron chi connectivity index (χ3n) is 5.08. The Bertz CT molecular complexity index is 1280. The Morgan fingerprint density at radius 2 is 1.97 bits per heavy atom. The van der Waals surface area contributed by atoms with Crippen molar-refractivity contribution < 1.29 is 27.1 Å². The molecule has 1 fully saturated rings. The van der Waals surface area contributed by atoms with E-state index in [1.54, 1.807) is 36.4 Å². The van der Waals surface area contributed by atoms with Crippen molar-refractivity contribution in [2.45, 2.75) is 12.5 Å². The van der Waals surface area contributed by atoms with Crippen LogP contribution in [0.2, 0.25) is 0 Å². The Morgan fingerprint density at radius 1 is 1.19 bits per heavy atom.